The molecule has 0 aromatic rings. The molecule has 1 fully saturated rings. The largest absolute Gasteiger partial charge is 0.310 e. The highest BCUT2D eigenvalue weighted by Gasteiger charge is 2.24. The molecule has 1 aliphatic rings. The van der Waals surface area contributed by atoms with E-state index in [9.17, 15) is 0 Å². The highest BCUT2D eigenvalue weighted by molar-refractivity contribution is 4.87. The number of hydrogen-bond donors (Lipinski definition) is 1. The van der Waals surface area contributed by atoms with E-state index in [1.807, 2.05) is 0 Å². The van der Waals surface area contributed by atoms with E-state index in [1.54, 1.807) is 0 Å². The van der Waals surface area contributed by atoms with Crippen molar-refractivity contribution in [2.75, 3.05) is 0 Å². The Morgan fingerprint density at radius 1 is 1.54 bits per heavy atom. The summed E-state index contributed by atoms with van der Waals surface area (Å²) in [4.78, 5) is 0. The third-order valence-corrected chi connectivity index (χ3v) is 3.14. The monoisotopic (exact) mass is 180 g/mol. The van der Waals surface area contributed by atoms with Crippen molar-refractivity contribution in [2.24, 2.45) is 5.92 Å². The van der Waals surface area contributed by atoms with Crippen molar-refractivity contribution in [2.45, 2.75) is 58.0 Å². The third-order valence-electron chi connectivity index (χ3n) is 3.14. The molecular formula is C11H20N2. The summed E-state index contributed by atoms with van der Waals surface area (Å²) >= 11 is 0. The molecule has 1 aliphatic carbocycles. The quantitative estimate of drug-likeness (QED) is 0.721. The Bertz CT molecular complexity index is 183. The Hall–Kier alpha value is -0.550. The van der Waals surface area contributed by atoms with E-state index in [2.05, 4.69) is 25.2 Å². The predicted molar refractivity (Wildman–Crippen MR) is 54.2 cm³/mol. The summed E-state index contributed by atoms with van der Waals surface area (Å²) in [5, 5.41) is 12.2. The van der Waals surface area contributed by atoms with Gasteiger partial charge in [-0.05, 0) is 25.2 Å². The van der Waals surface area contributed by atoms with Gasteiger partial charge in [0.25, 0.3) is 0 Å². The van der Waals surface area contributed by atoms with E-state index in [0.717, 1.165) is 12.3 Å². The SMILES string of the molecule is CCC(CC#N)NC1CCCC1C. The maximum atomic E-state index is 8.62. The van der Waals surface area contributed by atoms with Gasteiger partial charge in [-0.1, -0.05) is 20.3 Å². The van der Waals surface area contributed by atoms with E-state index < -0.39 is 0 Å². The van der Waals surface area contributed by atoms with Crippen LogP contribution in [0.1, 0.15) is 46.0 Å². The van der Waals surface area contributed by atoms with E-state index >= 15 is 0 Å². The van der Waals surface area contributed by atoms with Gasteiger partial charge in [-0.15, -0.1) is 0 Å². The van der Waals surface area contributed by atoms with E-state index in [4.69, 9.17) is 5.26 Å². The fourth-order valence-electron chi connectivity index (χ4n) is 2.13. The molecule has 0 aromatic carbocycles. The van der Waals surface area contributed by atoms with Crippen LogP contribution in [0, 0.1) is 17.2 Å². The van der Waals surface area contributed by atoms with Crippen molar-refractivity contribution in [3.05, 3.63) is 0 Å². The summed E-state index contributed by atoms with van der Waals surface area (Å²) in [6.07, 6.45) is 5.71. The van der Waals surface area contributed by atoms with Gasteiger partial charge >= 0.3 is 0 Å². The summed E-state index contributed by atoms with van der Waals surface area (Å²) in [5.41, 5.74) is 0. The Balaban J connectivity index is 2.32. The van der Waals surface area contributed by atoms with Crippen LogP contribution in [0.4, 0.5) is 0 Å². The van der Waals surface area contributed by atoms with Crippen LogP contribution in [-0.4, -0.2) is 12.1 Å². The summed E-state index contributed by atoms with van der Waals surface area (Å²) in [6.45, 7) is 4.46. The second-order valence-electron chi connectivity index (χ2n) is 4.15. The number of nitrogens with one attached hydrogen (secondary N) is 1. The van der Waals surface area contributed by atoms with Crippen molar-refractivity contribution in [1.29, 1.82) is 5.26 Å². The molecule has 3 unspecified atom stereocenters. The van der Waals surface area contributed by atoms with Crippen LogP contribution in [0.3, 0.4) is 0 Å². The second-order valence-corrected chi connectivity index (χ2v) is 4.15. The number of rotatable bonds is 4. The minimum Gasteiger partial charge on any atom is -0.310 e. The molecule has 3 atom stereocenters. The molecule has 2 nitrogen and oxygen atoms in total. The molecule has 0 amide bonds. The summed E-state index contributed by atoms with van der Waals surface area (Å²) in [6, 6.07) is 3.32. The molecule has 0 spiro atoms. The first-order chi connectivity index (χ1) is 6.27. The van der Waals surface area contributed by atoms with Gasteiger partial charge in [-0.2, -0.15) is 5.26 Å². The van der Waals surface area contributed by atoms with Gasteiger partial charge in [0, 0.05) is 12.1 Å². The van der Waals surface area contributed by atoms with Gasteiger partial charge in [0.1, 0.15) is 0 Å². The number of hydrogen-bond acceptors (Lipinski definition) is 2. The van der Waals surface area contributed by atoms with Gasteiger partial charge < -0.3 is 5.32 Å². The van der Waals surface area contributed by atoms with Gasteiger partial charge in [0.2, 0.25) is 0 Å². The van der Waals surface area contributed by atoms with Crippen molar-refractivity contribution >= 4 is 0 Å². The zero-order chi connectivity index (χ0) is 9.68. The summed E-state index contributed by atoms with van der Waals surface area (Å²) in [5.74, 6) is 0.799. The third kappa shape index (κ3) is 3.00. The average molecular weight is 180 g/mol. The lowest BCUT2D eigenvalue weighted by Crippen LogP contribution is -2.39. The minimum absolute atomic E-state index is 0.413. The van der Waals surface area contributed by atoms with Crippen LogP contribution in [-0.2, 0) is 0 Å². The maximum absolute atomic E-state index is 8.62. The van der Waals surface area contributed by atoms with Crippen LogP contribution in [0.15, 0.2) is 0 Å². The minimum atomic E-state index is 0.413. The lowest BCUT2D eigenvalue weighted by molar-refractivity contribution is 0.367. The zero-order valence-corrected chi connectivity index (χ0v) is 8.71. The molecular weight excluding hydrogens is 160 g/mol. The topological polar surface area (TPSA) is 35.8 Å². The van der Waals surface area contributed by atoms with Gasteiger partial charge in [0.15, 0.2) is 0 Å². The number of nitrogens with zero attached hydrogens (tertiary/aromatic N) is 1. The van der Waals surface area contributed by atoms with Gasteiger partial charge in [0.05, 0.1) is 12.5 Å². The smallest absolute Gasteiger partial charge is 0.0638 e. The average Bonchev–Trinajstić information content (AvgIpc) is 2.51. The Morgan fingerprint density at radius 2 is 2.31 bits per heavy atom. The summed E-state index contributed by atoms with van der Waals surface area (Å²) < 4.78 is 0. The molecule has 0 aromatic heterocycles. The van der Waals surface area contributed by atoms with Crippen LogP contribution in [0.2, 0.25) is 0 Å². The molecule has 74 valence electrons. The fourth-order valence-corrected chi connectivity index (χ4v) is 2.13. The van der Waals surface area contributed by atoms with E-state index in [0.29, 0.717) is 18.5 Å². The number of nitriles is 1. The molecule has 1 rings (SSSR count). The van der Waals surface area contributed by atoms with Crippen LogP contribution >= 0.6 is 0 Å². The van der Waals surface area contributed by atoms with Gasteiger partial charge in [-0.3, -0.25) is 0 Å². The van der Waals surface area contributed by atoms with Crippen molar-refractivity contribution in [3.63, 3.8) is 0 Å². The van der Waals surface area contributed by atoms with Crippen molar-refractivity contribution in [1.82, 2.24) is 5.32 Å². The first-order valence-corrected chi connectivity index (χ1v) is 5.41. The van der Waals surface area contributed by atoms with Crippen LogP contribution in [0.5, 0.6) is 0 Å². The molecule has 0 radical (unpaired) electrons. The normalized spacial score (nSPS) is 29.9. The Kier molecular flexibility index (Phi) is 4.24. The van der Waals surface area contributed by atoms with Gasteiger partial charge in [-0.25, -0.2) is 0 Å². The van der Waals surface area contributed by atoms with Crippen molar-refractivity contribution < 1.29 is 0 Å². The molecule has 13 heavy (non-hydrogen) atoms. The standard InChI is InChI=1S/C11H20N2/c1-3-10(7-8-12)13-11-6-4-5-9(11)2/h9-11,13H,3-7H2,1-2H3. The highest BCUT2D eigenvalue weighted by atomic mass is 15.0. The van der Waals surface area contributed by atoms with E-state index in [-0.39, 0.29) is 0 Å². The molecule has 0 saturated heterocycles. The zero-order valence-electron chi connectivity index (χ0n) is 8.71. The lowest BCUT2D eigenvalue weighted by Gasteiger charge is -2.22. The molecule has 1 N–H and O–H groups in total. The first-order valence-electron chi connectivity index (χ1n) is 5.41. The summed E-state index contributed by atoms with van der Waals surface area (Å²) in [7, 11) is 0. The molecule has 2 heteroatoms. The predicted octanol–water partition coefficient (Wildman–Crippen LogP) is 2.46. The highest BCUT2D eigenvalue weighted by Crippen LogP contribution is 2.25. The molecule has 0 aliphatic heterocycles. The van der Waals surface area contributed by atoms with Crippen LogP contribution in [0.25, 0.3) is 0 Å². The molecule has 1 saturated carbocycles. The van der Waals surface area contributed by atoms with Crippen molar-refractivity contribution in [3.8, 4) is 6.07 Å². The molecule has 0 heterocycles. The van der Waals surface area contributed by atoms with Crippen LogP contribution < -0.4 is 5.32 Å². The second kappa shape index (κ2) is 5.24. The maximum Gasteiger partial charge on any atom is 0.0638 e. The lowest BCUT2D eigenvalue weighted by atomic mass is 10.0. The van der Waals surface area contributed by atoms with E-state index in [1.165, 1.54) is 19.3 Å². The first kappa shape index (κ1) is 10.5. The Labute approximate surface area is 81.3 Å². The molecule has 0 bridgehead atoms. The fraction of sp³-hybridized carbons (Fsp3) is 0.909. The Morgan fingerprint density at radius 3 is 2.77 bits per heavy atom.